The third-order valence-electron chi connectivity index (χ3n) is 3.10. The van der Waals surface area contributed by atoms with E-state index in [2.05, 4.69) is 5.32 Å². The highest BCUT2D eigenvalue weighted by Crippen LogP contribution is 2.18. The summed E-state index contributed by atoms with van der Waals surface area (Å²) in [5.41, 5.74) is 0.456. The Morgan fingerprint density at radius 3 is 2.21 bits per heavy atom. The normalized spacial score (nSPS) is 11.3. The van der Waals surface area contributed by atoms with E-state index in [1.165, 1.54) is 62.6 Å². The zero-order valence-electron chi connectivity index (χ0n) is 13.2. The summed E-state index contributed by atoms with van der Waals surface area (Å²) in [5.74, 6) is -0.439. The molecule has 0 aliphatic carbocycles. The second kappa shape index (κ2) is 7.41. The van der Waals surface area contributed by atoms with Crippen LogP contribution >= 0.6 is 0 Å². The molecule has 0 aliphatic heterocycles. The zero-order valence-corrected chi connectivity index (χ0v) is 14.0. The molecule has 128 valence electrons. The van der Waals surface area contributed by atoms with E-state index >= 15 is 0 Å². The Morgan fingerprint density at radius 1 is 1.08 bits per heavy atom. The molecule has 0 fully saturated rings. The fraction of sp³-hybridized carbons (Fsp3) is 0.188. The molecule has 0 aliphatic rings. The van der Waals surface area contributed by atoms with Gasteiger partial charge in [0.05, 0.1) is 4.90 Å². The summed E-state index contributed by atoms with van der Waals surface area (Å²) in [5, 5.41) is 2.56. The maximum atomic E-state index is 12.8. The highest BCUT2D eigenvalue weighted by Gasteiger charge is 2.16. The van der Waals surface area contributed by atoms with E-state index in [1.807, 2.05) is 0 Å². The van der Waals surface area contributed by atoms with E-state index in [9.17, 15) is 17.6 Å². The quantitative estimate of drug-likeness (QED) is 0.864. The number of anilines is 1. The van der Waals surface area contributed by atoms with Crippen molar-refractivity contribution in [2.75, 3.05) is 26.0 Å². The highest BCUT2D eigenvalue weighted by atomic mass is 32.2. The van der Waals surface area contributed by atoms with Crippen molar-refractivity contribution < 1.29 is 22.3 Å². The third kappa shape index (κ3) is 4.53. The number of nitrogens with one attached hydrogen (secondary N) is 1. The van der Waals surface area contributed by atoms with Crippen molar-refractivity contribution in [3.05, 3.63) is 54.3 Å². The van der Waals surface area contributed by atoms with Gasteiger partial charge in [0, 0.05) is 19.8 Å². The smallest absolute Gasteiger partial charge is 0.262 e. The van der Waals surface area contributed by atoms with Gasteiger partial charge in [-0.05, 0) is 48.5 Å². The second-order valence-corrected chi connectivity index (χ2v) is 7.25. The van der Waals surface area contributed by atoms with Gasteiger partial charge in [0.25, 0.3) is 5.91 Å². The number of rotatable bonds is 6. The van der Waals surface area contributed by atoms with Crippen molar-refractivity contribution in [1.29, 1.82) is 0 Å². The summed E-state index contributed by atoms with van der Waals surface area (Å²) in [6, 6.07) is 11.1. The lowest BCUT2D eigenvalue weighted by molar-refractivity contribution is -0.118. The molecule has 0 heterocycles. The molecule has 1 N–H and O–H groups in total. The first-order valence-corrected chi connectivity index (χ1v) is 8.44. The lowest BCUT2D eigenvalue weighted by Crippen LogP contribution is -2.22. The van der Waals surface area contributed by atoms with Crippen molar-refractivity contribution in [3.8, 4) is 5.75 Å². The minimum atomic E-state index is -3.50. The van der Waals surface area contributed by atoms with Crippen molar-refractivity contribution >= 4 is 21.6 Å². The average molecular weight is 352 g/mol. The Labute approximate surface area is 139 Å². The van der Waals surface area contributed by atoms with Gasteiger partial charge in [0.15, 0.2) is 6.61 Å². The molecular weight excluding hydrogens is 335 g/mol. The van der Waals surface area contributed by atoms with Crippen LogP contribution in [-0.4, -0.2) is 39.3 Å². The molecule has 24 heavy (non-hydrogen) atoms. The van der Waals surface area contributed by atoms with Crippen LogP contribution in [0.4, 0.5) is 10.1 Å². The summed E-state index contributed by atoms with van der Waals surface area (Å²) in [6.07, 6.45) is 0. The van der Waals surface area contributed by atoms with Crippen LogP contribution in [0, 0.1) is 5.82 Å². The van der Waals surface area contributed by atoms with Crippen molar-refractivity contribution in [1.82, 2.24) is 4.31 Å². The molecule has 2 aromatic carbocycles. The first-order chi connectivity index (χ1) is 11.3. The predicted octanol–water partition coefficient (Wildman–Crippen LogP) is 2.09. The Bertz CT molecular complexity index is 803. The highest BCUT2D eigenvalue weighted by molar-refractivity contribution is 7.89. The molecule has 0 saturated heterocycles. The second-order valence-electron chi connectivity index (χ2n) is 5.10. The molecule has 0 unspecified atom stereocenters. The largest absolute Gasteiger partial charge is 0.484 e. The van der Waals surface area contributed by atoms with Gasteiger partial charge >= 0.3 is 0 Å². The van der Waals surface area contributed by atoms with Crippen LogP contribution in [0.1, 0.15) is 0 Å². The first-order valence-electron chi connectivity index (χ1n) is 7.00. The third-order valence-corrected chi connectivity index (χ3v) is 4.93. The van der Waals surface area contributed by atoms with Crippen molar-refractivity contribution in [2.24, 2.45) is 0 Å². The number of nitrogens with zero attached hydrogens (tertiary/aromatic N) is 1. The maximum absolute atomic E-state index is 12.8. The number of carbonyl (C=O) groups excluding carboxylic acids is 1. The van der Waals surface area contributed by atoms with Crippen LogP contribution in [0.3, 0.4) is 0 Å². The summed E-state index contributed by atoms with van der Waals surface area (Å²) in [4.78, 5) is 11.9. The van der Waals surface area contributed by atoms with E-state index in [0.29, 0.717) is 11.4 Å². The fourth-order valence-electron chi connectivity index (χ4n) is 1.80. The predicted molar refractivity (Wildman–Crippen MR) is 87.8 cm³/mol. The number of halogens is 1. The van der Waals surface area contributed by atoms with Gasteiger partial charge in [-0.25, -0.2) is 17.1 Å². The number of carbonyl (C=O) groups is 1. The van der Waals surface area contributed by atoms with Crippen LogP contribution < -0.4 is 10.1 Å². The molecule has 0 atom stereocenters. The van der Waals surface area contributed by atoms with Crippen molar-refractivity contribution in [3.63, 3.8) is 0 Å². The van der Waals surface area contributed by atoms with Crippen LogP contribution in [0.25, 0.3) is 0 Å². The maximum Gasteiger partial charge on any atom is 0.262 e. The fourth-order valence-corrected chi connectivity index (χ4v) is 2.70. The molecule has 1 amide bonds. The molecule has 0 saturated carbocycles. The van der Waals surface area contributed by atoms with E-state index in [-0.39, 0.29) is 11.5 Å². The van der Waals surface area contributed by atoms with E-state index in [4.69, 9.17) is 4.74 Å². The Hall–Kier alpha value is -2.45. The molecule has 6 nitrogen and oxygen atoms in total. The summed E-state index contributed by atoms with van der Waals surface area (Å²) in [6.45, 7) is -0.253. The minimum Gasteiger partial charge on any atom is -0.484 e. The lowest BCUT2D eigenvalue weighted by atomic mass is 10.3. The van der Waals surface area contributed by atoms with Crippen LogP contribution in [0.5, 0.6) is 5.75 Å². The summed E-state index contributed by atoms with van der Waals surface area (Å²) < 4.78 is 43.0. The number of hydrogen-bond donors (Lipinski definition) is 1. The van der Waals surface area contributed by atoms with E-state index in [1.54, 1.807) is 0 Å². The van der Waals surface area contributed by atoms with Gasteiger partial charge in [-0.2, -0.15) is 0 Å². The first kappa shape index (κ1) is 17.9. The SMILES string of the molecule is CN(C)S(=O)(=O)c1ccc(OCC(=O)Nc2ccc(F)cc2)cc1. The topological polar surface area (TPSA) is 75.7 Å². The standard InChI is InChI=1S/C16H17FN2O4S/c1-19(2)24(21,22)15-9-7-14(8-10-15)23-11-16(20)18-13-5-3-12(17)4-6-13/h3-10H,11H2,1-2H3,(H,18,20). The van der Waals surface area contributed by atoms with Gasteiger partial charge < -0.3 is 10.1 Å². The Morgan fingerprint density at radius 2 is 1.67 bits per heavy atom. The number of sulfonamides is 1. The zero-order chi connectivity index (χ0) is 17.7. The number of amides is 1. The van der Waals surface area contributed by atoms with Gasteiger partial charge in [0.1, 0.15) is 11.6 Å². The number of hydrogen-bond acceptors (Lipinski definition) is 4. The van der Waals surface area contributed by atoms with Gasteiger partial charge in [0.2, 0.25) is 10.0 Å². The van der Waals surface area contributed by atoms with Gasteiger partial charge in [-0.1, -0.05) is 0 Å². The molecule has 2 aromatic rings. The van der Waals surface area contributed by atoms with Crippen LogP contribution in [0.15, 0.2) is 53.4 Å². The van der Waals surface area contributed by atoms with Crippen molar-refractivity contribution in [2.45, 2.75) is 4.90 Å². The number of ether oxygens (including phenoxy) is 1. The van der Waals surface area contributed by atoms with Gasteiger partial charge in [-0.3, -0.25) is 4.79 Å². The monoisotopic (exact) mass is 352 g/mol. The molecule has 0 aromatic heterocycles. The number of benzene rings is 2. The minimum absolute atomic E-state index is 0.135. The molecular formula is C16H17FN2O4S. The van der Waals surface area contributed by atoms with E-state index in [0.717, 1.165) is 4.31 Å². The molecule has 0 radical (unpaired) electrons. The van der Waals surface area contributed by atoms with Crippen LogP contribution in [0.2, 0.25) is 0 Å². The lowest BCUT2D eigenvalue weighted by Gasteiger charge is -2.12. The Kier molecular flexibility index (Phi) is 5.53. The summed E-state index contributed by atoms with van der Waals surface area (Å²) in [7, 11) is -0.613. The molecule has 8 heteroatoms. The van der Waals surface area contributed by atoms with E-state index < -0.39 is 21.7 Å². The van der Waals surface area contributed by atoms with Gasteiger partial charge in [-0.15, -0.1) is 0 Å². The Balaban J connectivity index is 1.92. The van der Waals surface area contributed by atoms with Crippen LogP contribution in [-0.2, 0) is 14.8 Å². The molecule has 0 bridgehead atoms. The summed E-state index contributed by atoms with van der Waals surface area (Å²) >= 11 is 0. The average Bonchev–Trinajstić information content (AvgIpc) is 2.55. The molecule has 0 spiro atoms. The molecule has 2 rings (SSSR count).